The number of H-pyrrole nitrogens is 2. The predicted molar refractivity (Wildman–Crippen MR) is 98.9 cm³/mol. The van der Waals surface area contributed by atoms with Crippen molar-refractivity contribution < 1.29 is 14.0 Å². The van der Waals surface area contributed by atoms with Crippen molar-refractivity contribution in [2.45, 2.75) is 13.8 Å². The zero-order valence-corrected chi connectivity index (χ0v) is 15.2. The number of aryl methyl sites for hydroxylation is 2. The molecule has 4 rings (SSSR count). The average molecular weight is 368 g/mol. The lowest BCUT2D eigenvalue weighted by atomic mass is 10.1. The fourth-order valence-electron chi connectivity index (χ4n) is 3.49. The summed E-state index contributed by atoms with van der Waals surface area (Å²) in [7, 11) is 0. The summed E-state index contributed by atoms with van der Waals surface area (Å²) in [5.74, 6) is -0.696. The van der Waals surface area contributed by atoms with Crippen molar-refractivity contribution in [3.63, 3.8) is 0 Å². The molecule has 3 aromatic rings. The molecule has 0 aliphatic carbocycles. The van der Waals surface area contributed by atoms with Crippen LogP contribution in [0.3, 0.4) is 0 Å². The van der Waals surface area contributed by atoms with Crippen LogP contribution in [0.1, 0.15) is 32.1 Å². The van der Waals surface area contributed by atoms with Gasteiger partial charge in [-0.1, -0.05) is 0 Å². The Morgan fingerprint density at radius 3 is 2.26 bits per heavy atom. The van der Waals surface area contributed by atoms with Gasteiger partial charge >= 0.3 is 5.76 Å². The molecule has 0 atom stereocenters. The number of piperazine rings is 1. The molecule has 0 unspecified atom stereocenters. The standard InChI is InChI=1S/C19H20N4O4/c1-11-9-14(12(2)20-11)18(25)23-7-5-22(6-8-23)17(24)13-3-4-15-16(10-13)27-19(26)21-15/h3-4,9-10,20H,5-8H2,1-2H3,(H,21,26). The Labute approximate surface area is 154 Å². The van der Waals surface area contributed by atoms with Gasteiger partial charge in [0.25, 0.3) is 11.8 Å². The lowest BCUT2D eigenvalue weighted by Crippen LogP contribution is -2.50. The third-order valence-corrected chi connectivity index (χ3v) is 4.90. The van der Waals surface area contributed by atoms with Gasteiger partial charge in [-0.3, -0.25) is 14.6 Å². The van der Waals surface area contributed by atoms with E-state index in [1.54, 1.807) is 28.0 Å². The highest BCUT2D eigenvalue weighted by Crippen LogP contribution is 2.17. The number of aromatic nitrogens is 2. The molecule has 1 aliphatic heterocycles. The van der Waals surface area contributed by atoms with Gasteiger partial charge in [0, 0.05) is 43.1 Å². The minimum Gasteiger partial charge on any atom is -0.408 e. The van der Waals surface area contributed by atoms with E-state index in [9.17, 15) is 14.4 Å². The van der Waals surface area contributed by atoms with Crippen LogP contribution >= 0.6 is 0 Å². The van der Waals surface area contributed by atoms with Crippen molar-refractivity contribution >= 4 is 22.9 Å². The SMILES string of the molecule is Cc1cc(C(=O)N2CCN(C(=O)c3ccc4[nH]c(=O)oc4c3)CC2)c(C)[nH]1. The molecule has 27 heavy (non-hydrogen) atoms. The second-order valence-corrected chi connectivity index (χ2v) is 6.80. The second kappa shape index (κ2) is 6.46. The number of nitrogens with one attached hydrogen (secondary N) is 2. The molecular formula is C19H20N4O4. The van der Waals surface area contributed by atoms with Crippen molar-refractivity contribution in [2.24, 2.45) is 0 Å². The molecule has 0 bridgehead atoms. The number of benzene rings is 1. The Bertz CT molecular complexity index is 1080. The second-order valence-electron chi connectivity index (χ2n) is 6.80. The summed E-state index contributed by atoms with van der Waals surface area (Å²) < 4.78 is 5.02. The van der Waals surface area contributed by atoms with Crippen LogP contribution in [-0.4, -0.2) is 57.8 Å². The van der Waals surface area contributed by atoms with Crippen LogP contribution in [-0.2, 0) is 0 Å². The van der Waals surface area contributed by atoms with Gasteiger partial charge in [0.2, 0.25) is 0 Å². The van der Waals surface area contributed by atoms with Gasteiger partial charge < -0.3 is 19.2 Å². The van der Waals surface area contributed by atoms with E-state index in [0.29, 0.717) is 48.4 Å². The maximum absolute atomic E-state index is 12.7. The van der Waals surface area contributed by atoms with E-state index in [1.807, 2.05) is 19.9 Å². The fourth-order valence-corrected chi connectivity index (χ4v) is 3.49. The highest BCUT2D eigenvalue weighted by Gasteiger charge is 2.27. The zero-order chi connectivity index (χ0) is 19.1. The van der Waals surface area contributed by atoms with Crippen LogP contribution in [0.4, 0.5) is 0 Å². The molecule has 1 saturated heterocycles. The van der Waals surface area contributed by atoms with E-state index in [-0.39, 0.29) is 11.8 Å². The topological polar surface area (TPSA) is 102 Å². The maximum Gasteiger partial charge on any atom is 0.417 e. The summed E-state index contributed by atoms with van der Waals surface area (Å²) in [4.78, 5) is 45.9. The summed E-state index contributed by atoms with van der Waals surface area (Å²) in [6.07, 6.45) is 0. The number of carbonyl (C=O) groups is 2. The van der Waals surface area contributed by atoms with Crippen LogP contribution in [0, 0.1) is 13.8 Å². The zero-order valence-electron chi connectivity index (χ0n) is 15.2. The molecule has 1 aromatic carbocycles. The Balaban J connectivity index is 1.45. The molecule has 140 valence electrons. The minimum atomic E-state index is -0.544. The van der Waals surface area contributed by atoms with E-state index in [4.69, 9.17) is 4.42 Å². The fraction of sp³-hybridized carbons (Fsp3) is 0.316. The molecule has 1 fully saturated rings. The van der Waals surface area contributed by atoms with Crippen LogP contribution in [0.2, 0.25) is 0 Å². The monoisotopic (exact) mass is 368 g/mol. The maximum atomic E-state index is 12.7. The number of fused-ring (bicyclic) bond motifs is 1. The molecule has 2 amide bonds. The number of carbonyl (C=O) groups excluding carboxylic acids is 2. The smallest absolute Gasteiger partial charge is 0.408 e. The molecule has 2 aromatic heterocycles. The van der Waals surface area contributed by atoms with E-state index in [0.717, 1.165) is 11.4 Å². The molecule has 3 heterocycles. The number of aromatic amines is 2. The van der Waals surface area contributed by atoms with Crippen molar-refractivity contribution in [1.82, 2.24) is 19.8 Å². The summed E-state index contributed by atoms with van der Waals surface area (Å²) in [5.41, 5.74) is 3.87. The Hall–Kier alpha value is -3.29. The quantitative estimate of drug-likeness (QED) is 0.718. The predicted octanol–water partition coefficient (Wildman–Crippen LogP) is 1.66. The third kappa shape index (κ3) is 3.14. The van der Waals surface area contributed by atoms with Gasteiger partial charge in [0.1, 0.15) is 0 Å². The first-order valence-electron chi connectivity index (χ1n) is 8.80. The van der Waals surface area contributed by atoms with Gasteiger partial charge in [-0.25, -0.2) is 4.79 Å². The van der Waals surface area contributed by atoms with E-state index >= 15 is 0 Å². The van der Waals surface area contributed by atoms with Crippen LogP contribution in [0.15, 0.2) is 33.5 Å². The van der Waals surface area contributed by atoms with Gasteiger partial charge in [-0.05, 0) is 38.1 Å². The van der Waals surface area contributed by atoms with Crippen molar-refractivity contribution in [3.8, 4) is 0 Å². The van der Waals surface area contributed by atoms with Gasteiger partial charge in [-0.15, -0.1) is 0 Å². The molecule has 2 N–H and O–H groups in total. The number of nitrogens with zero attached hydrogens (tertiary/aromatic N) is 2. The molecule has 8 nitrogen and oxygen atoms in total. The van der Waals surface area contributed by atoms with Crippen molar-refractivity contribution in [2.75, 3.05) is 26.2 Å². The lowest BCUT2D eigenvalue weighted by Gasteiger charge is -2.34. The first kappa shape index (κ1) is 17.1. The average Bonchev–Trinajstić information content (AvgIpc) is 3.20. The van der Waals surface area contributed by atoms with Gasteiger partial charge in [0.05, 0.1) is 11.1 Å². The first-order valence-corrected chi connectivity index (χ1v) is 8.80. The Morgan fingerprint density at radius 1 is 0.963 bits per heavy atom. The molecule has 0 spiro atoms. The third-order valence-electron chi connectivity index (χ3n) is 4.90. The largest absolute Gasteiger partial charge is 0.417 e. The Morgan fingerprint density at radius 2 is 1.63 bits per heavy atom. The molecular weight excluding hydrogens is 348 g/mol. The van der Waals surface area contributed by atoms with Crippen LogP contribution < -0.4 is 5.76 Å². The van der Waals surface area contributed by atoms with E-state index in [1.165, 1.54) is 0 Å². The Kier molecular flexibility index (Phi) is 4.10. The highest BCUT2D eigenvalue weighted by molar-refractivity contribution is 5.98. The molecule has 0 radical (unpaired) electrons. The van der Waals surface area contributed by atoms with Crippen LogP contribution in [0.5, 0.6) is 0 Å². The van der Waals surface area contributed by atoms with Crippen molar-refractivity contribution in [3.05, 3.63) is 57.3 Å². The first-order chi connectivity index (χ1) is 12.9. The van der Waals surface area contributed by atoms with E-state index in [2.05, 4.69) is 9.97 Å². The number of amides is 2. The summed E-state index contributed by atoms with van der Waals surface area (Å²) in [6.45, 7) is 5.69. The summed E-state index contributed by atoms with van der Waals surface area (Å²) in [5, 5.41) is 0. The van der Waals surface area contributed by atoms with E-state index < -0.39 is 5.76 Å². The lowest BCUT2D eigenvalue weighted by molar-refractivity contribution is 0.0535. The number of oxazole rings is 1. The molecule has 0 saturated carbocycles. The normalized spacial score (nSPS) is 14.7. The highest BCUT2D eigenvalue weighted by atomic mass is 16.4. The summed E-state index contributed by atoms with van der Waals surface area (Å²) in [6, 6.07) is 6.75. The van der Waals surface area contributed by atoms with Crippen molar-refractivity contribution in [1.29, 1.82) is 0 Å². The minimum absolute atomic E-state index is 0.0144. The molecule has 8 heteroatoms. The molecule has 1 aliphatic rings. The van der Waals surface area contributed by atoms with Gasteiger partial charge in [-0.2, -0.15) is 0 Å². The van der Waals surface area contributed by atoms with Gasteiger partial charge in [0.15, 0.2) is 5.58 Å². The number of rotatable bonds is 2. The number of hydrogen-bond acceptors (Lipinski definition) is 4. The summed E-state index contributed by atoms with van der Waals surface area (Å²) >= 11 is 0. The van der Waals surface area contributed by atoms with Crippen LogP contribution in [0.25, 0.3) is 11.1 Å². The number of hydrogen-bond donors (Lipinski definition) is 2.